The number of ether oxygens (including phenoxy) is 1. The number of nitrogens with one attached hydrogen (secondary N) is 1. The van der Waals surface area contributed by atoms with Gasteiger partial charge in [-0.15, -0.1) is 11.8 Å². The van der Waals surface area contributed by atoms with E-state index in [0.717, 1.165) is 13.0 Å². The largest absolute Gasteiger partial charge is 0.491 e. The van der Waals surface area contributed by atoms with Crippen LogP contribution in [0.4, 0.5) is 0 Å². The molecule has 1 aromatic carbocycles. The Kier molecular flexibility index (Phi) is 7.12. The summed E-state index contributed by atoms with van der Waals surface area (Å²) in [4.78, 5) is 0. The number of hydrogen-bond donors (Lipinski definition) is 2. The molecule has 4 nitrogen and oxygen atoms in total. The third-order valence-corrected chi connectivity index (χ3v) is 2.39. The first-order valence-electron chi connectivity index (χ1n) is 6.17. The fraction of sp³-hybridized carbons (Fsp3) is 0.400. The Balaban J connectivity index is 2.23. The highest BCUT2D eigenvalue weighted by atomic mass is 16.5. The Hall–Kier alpha value is -2.01. The number of rotatable bonds is 7. The number of nitrogens with zero attached hydrogens (tertiary/aromatic N) is 1. The van der Waals surface area contributed by atoms with E-state index in [1.807, 2.05) is 6.07 Å². The summed E-state index contributed by atoms with van der Waals surface area (Å²) in [6.07, 6.45) is 0.189. The van der Waals surface area contributed by atoms with E-state index in [2.05, 4.69) is 17.2 Å². The van der Waals surface area contributed by atoms with Crippen LogP contribution in [0.5, 0.6) is 5.75 Å². The highest BCUT2D eigenvalue weighted by Gasteiger charge is 2.04. The molecule has 2 N–H and O–H groups in total. The smallest absolute Gasteiger partial charge is 0.120 e. The van der Waals surface area contributed by atoms with Crippen molar-refractivity contribution in [3.63, 3.8) is 0 Å². The lowest BCUT2D eigenvalue weighted by Gasteiger charge is -2.12. The number of benzene rings is 1. The molecule has 19 heavy (non-hydrogen) atoms. The zero-order valence-electron chi connectivity index (χ0n) is 11.0. The highest BCUT2D eigenvalue weighted by molar-refractivity contribution is 5.36. The van der Waals surface area contributed by atoms with E-state index < -0.39 is 6.10 Å². The standard InChI is InChI=1S/C15H18N2O2/c1-2-3-4-8-17-11-14(18)12-19-15-7-5-6-13(9-15)10-16/h5-7,9,14,17-18H,4,8,11-12H2,1H3. The lowest BCUT2D eigenvalue weighted by molar-refractivity contribution is 0.107. The average molecular weight is 258 g/mol. The monoisotopic (exact) mass is 258 g/mol. The number of hydrogen-bond acceptors (Lipinski definition) is 4. The van der Waals surface area contributed by atoms with Gasteiger partial charge in [0, 0.05) is 19.5 Å². The Morgan fingerprint density at radius 2 is 2.32 bits per heavy atom. The van der Waals surface area contributed by atoms with Gasteiger partial charge < -0.3 is 15.2 Å². The normalized spacial score (nSPS) is 11.0. The molecule has 1 atom stereocenters. The molecule has 0 amide bonds. The van der Waals surface area contributed by atoms with Crippen molar-refractivity contribution < 1.29 is 9.84 Å². The molecule has 0 radical (unpaired) electrons. The van der Waals surface area contributed by atoms with E-state index in [0.29, 0.717) is 17.9 Å². The van der Waals surface area contributed by atoms with E-state index in [9.17, 15) is 5.11 Å². The maximum Gasteiger partial charge on any atom is 0.120 e. The van der Waals surface area contributed by atoms with Crippen LogP contribution in [0.15, 0.2) is 24.3 Å². The minimum atomic E-state index is -0.583. The van der Waals surface area contributed by atoms with Gasteiger partial charge in [-0.3, -0.25) is 0 Å². The number of aliphatic hydroxyl groups is 1. The zero-order chi connectivity index (χ0) is 13.9. The van der Waals surface area contributed by atoms with Gasteiger partial charge >= 0.3 is 0 Å². The van der Waals surface area contributed by atoms with Crippen LogP contribution in [0, 0.1) is 23.2 Å². The van der Waals surface area contributed by atoms with Crippen molar-refractivity contribution in [1.82, 2.24) is 5.32 Å². The molecule has 0 aromatic heterocycles. The molecule has 0 heterocycles. The van der Waals surface area contributed by atoms with E-state index in [-0.39, 0.29) is 6.61 Å². The van der Waals surface area contributed by atoms with Gasteiger partial charge in [0.2, 0.25) is 0 Å². The minimum Gasteiger partial charge on any atom is -0.491 e. The summed E-state index contributed by atoms with van der Waals surface area (Å²) in [7, 11) is 0. The fourth-order valence-corrected chi connectivity index (χ4v) is 1.45. The molecule has 4 heteroatoms. The summed E-state index contributed by atoms with van der Waals surface area (Å²) < 4.78 is 5.42. The molecular weight excluding hydrogens is 240 g/mol. The summed E-state index contributed by atoms with van der Waals surface area (Å²) in [6, 6.07) is 8.91. The molecule has 0 aliphatic carbocycles. The molecule has 0 saturated carbocycles. The third kappa shape index (κ3) is 6.47. The van der Waals surface area contributed by atoms with Gasteiger partial charge in [-0.25, -0.2) is 0 Å². The summed E-state index contributed by atoms with van der Waals surface area (Å²) in [6.45, 7) is 3.21. The Bertz CT molecular complexity index is 483. The second-order valence-electron chi connectivity index (χ2n) is 3.99. The number of nitriles is 1. The second kappa shape index (κ2) is 8.99. The van der Waals surface area contributed by atoms with Gasteiger partial charge in [0.15, 0.2) is 0 Å². The molecule has 0 saturated heterocycles. The molecule has 0 bridgehead atoms. The van der Waals surface area contributed by atoms with Crippen LogP contribution in [0.3, 0.4) is 0 Å². The van der Waals surface area contributed by atoms with E-state index in [1.54, 1.807) is 31.2 Å². The molecule has 0 spiro atoms. The number of aliphatic hydroxyl groups excluding tert-OH is 1. The van der Waals surface area contributed by atoms with Crippen LogP contribution in [-0.4, -0.2) is 30.9 Å². The Labute approximate surface area is 114 Å². The molecule has 0 fully saturated rings. The minimum absolute atomic E-state index is 0.196. The van der Waals surface area contributed by atoms with Crippen LogP contribution in [0.25, 0.3) is 0 Å². The quantitative estimate of drug-likeness (QED) is 0.571. The maximum atomic E-state index is 9.70. The lowest BCUT2D eigenvalue weighted by atomic mass is 10.2. The highest BCUT2D eigenvalue weighted by Crippen LogP contribution is 2.12. The lowest BCUT2D eigenvalue weighted by Crippen LogP contribution is -2.31. The van der Waals surface area contributed by atoms with Crippen LogP contribution in [0.2, 0.25) is 0 Å². The van der Waals surface area contributed by atoms with Gasteiger partial charge in [0.05, 0.1) is 11.6 Å². The topological polar surface area (TPSA) is 65.3 Å². The SMILES string of the molecule is CC#CCCNCC(O)COc1cccc(C#N)c1. The first kappa shape index (κ1) is 15.0. The van der Waals surface area contributed by atoms with Crippen molar-refractivity contribution in [2.45, 2.75) is 19.4 Å². The van der Waals surface area contributed by atoms with Gasteiger partial charge in [-0.1, -0.05) is 6.07 Å². The van der Waals surface area contributed by atoms with E-state index in [1.165, 1.54) is 0 Å². The van der Waals surface area contributed by atoms with Crippen molar-refractivity contribution in [1.29, 1.82) is 5.26 Å². The predicted molar refractivity (Wildman–Crippen MR) is 73.6 cm³/mol. The van der Waals surface area contributed by atoms with E-state index in [4.69, 9.17) is 10.00 Å². The molecule has 1 unspecified atom stereocenters. The van der Waals surface area contributed by atoms with Crippen molar-refractivity contribution in [2.75, 3.05) is 19.7 Å². The molecule has 100 valence electrons. The predicted octanol–water partition coefficient (Wildman–Crippen LogP) is 1.30. The molecule has 0 aliphatic heterocycles. The first-order chi connectivity index (χ1) is 9.26. The van der Waals surface area contributed by atoms with Crippen LogP contribution in [-0.2, 0) is 0 Å². The summed E-state index contributed by atoms with van der Waals surface area (Å²) >= 11 is 0. The fourth-order valence-electron chi connectivity index (χ4n) is 1.45. The maximum absolute atomic E-state index is 9.70. The van der Waals surface area contributed by atoms with Crippen LogP contribution < -0.4 is 10.1 Å². The molecule has 1 aromatic rings. The third-order valence-electron chi connectivity index (χ3n) is 2.39. The van der Waals surface area contributed by atoms with Crippen molar-refractivity contribution in [3.8, 4) is 23.7 Å². The van der Waals surface area contributed by atoms with Crippen molar-refractivity contribution in [2.24, 2.45) is 0 Å². The summed E-state index contributed by atoms with van der Waals surface area (Å²) in [5.74, 6) is 6.34. The first-order valence-corrected chi connectivity index (χ1v) is 6.17. The second-order valence-corrected chi connectivity index (χ2v) is 3.99. The van der Waals surface area contributed by atoms with Crippen molar-refractivity contribution in [3.05, 3.63) is 29.8 Å². The zero-order valence-corrected chi connectivity index (χ0v) is 11.0. The van der Waals surface area contributed by atoms with Crippen LogP contribution in [0.1, 0.15) is 18.9 Å². The summed E-state index contributed by atoms with van der Waals surface area (Å²) in [5.41, 5.74) is 0.545. The van der Waals surface area contributed by atoms with E-state index >= 15 is 0 Å². The van der Waals surface area contributed by atoms with Gasteiger partial charge in [-0.05, 0) is 25.1 Å². The average Bonchev–Trinajstić information content (AvgIpc) is 2.45. The van der Waals surface area contributed by atoms with Gasteiger partial charge in [-0.2, -0.15) is 5.26 Å². The van der Waals surface area contributed by atoms with Gasteiger partial charge in [0.1, 0.15) is 18.5 Å². The Morgan fingerprint density at radius 1 is 1.47 bits per heavy atom. The van der Waals surface area contributed by atoms with Gasteiger partial charge in [0.25, 0.3) is 0 Å². The summed E-state index contributed by atoms with van der Waals surface area (Å²) in [5, 5.41) is 21.5. The van der Waals surface area contributed by atoms with Crippen molar-refractivity contribution >= 4 is 0 Å². The molecule has 0 aliphatic rings. The molecule has 1 rings (SSSR count). The van der Waals surface area contributed by atoms with Crippen LogP contribution >= 0.6 is 0 Å². The molecular formula is C15H18N2O2. The Morgan fingerprint density at radius 3 is 3.05 bits per heavy atom.